The van der Waals surface area contributed by atoms with Crippen molar-refractivity contribution in [2.45, 2.75) is 45.1 Å². The molecule has 1 atom stereocenters. The van der Waals surface area contributed by atoms with Crippen LogP contribution < -0.4 is 0 Å². The summed E-state index contributed by atoms with van der Waals surface area (Å²) >= 11 is 0. The highest BCUT2D eigenvalue weighted by atomic mass is 16.4. The molecule has 0 aromatic carbocycles. The first-order valence-electron chi connectivity index (χ1n) is 4.27. The summed E-state index contributed by atoms with van der Waals surface area (Å²) in [4.78, 5) is 10.4. The SMILES string of the molecule is CC1(C)CCC(O)(CC(=O)O)C1. The molecule has 1 aliphatic carbocycles. The van der Waals surface area contributed by atoms with Gasteiger partial charge in [0.2, 0.25) is 0 Å². The van der Waals surface area contributed by atoms with E-state index in [-0.39, 0.29) is 11.8 Å². The Morgan fingerprint density at radius 1 is 1.42 bits per heavy atom. The standard InChI is InChI=1S/C9H16O3/c1-8(2)3-4-9(12,6-8)5-7(10)11/h12H,3-6H2,1-2H3,(H,10,11). The molecule has 1 fully saturated rings. The molecule has 0 saturated heterocycles. The van der Waals surface area contributed by atoms with E-state index in [1.807, 2.05) is 0 Å². The molecule has 2 N–H and O–H groups in total. The fourth-order valence-electron chi connectivity index (χ4n) is 2.07. The first-order valence-corrected chi connectivity index (χ1v) is 4.27. The summed E-state index contributed by atoms with van der Waals surface area (Å²) < 4.78 is 0. The fourth-order valence-corrected chi connectivity index (χ4v) is 2.07. The number of carboxylic acid groups (broad SMARTS) is 1. The number of carbonyl (C=O) groups is 1. The van der Waals surface area contributed by atoms with Gasteiger partial charge >= 0.3 is 5.97 Å². The average molecular weight is 172 g/mol. The number of carboxylic acids is 1. The van der Waals surface area contributed by atoms with E-state index in [2.05, 4.69) is 13.8 Å². The molecule has 3 nitrogen and oxygen atoms in total. The Labute approximate surface area is 72.4 Å². The zero-order valence-electron chi connectivity index (χ0n) is 7.63. The molecule has 1 unspecified atom stereocenters. The van der Waals surface area contributed by atoms with Gasteiger partial charge < -0.3 is 10.2 Å². The molecule has 0 amide bonds. The summed E-state index contributed by atoms with van der Waals surface area (Å²) in [5, 5.41) is 18.4. The van der Waals surface area contributed by atoms with Gasteiger partial charge in [-0.2, -0.15) is 0 Å². The van der Waals surface area contributed by atoms with Crippen molar-refractivity contribution < 1.29 is 15.0 Å². The van der Waals surface area contributed by atoms with Gasteiger partial charge in [-0.3, -0.25) is 4.79 Å². The summed E-state index contributed by atoms with van der Waals surface area (Å²) in [6.07, 6.45) is 2.02. The largest absolute Gasteiger partial charge is 0.481 e. The van der Waals surface area contributed by atoms with Crippen molar-refractivity contribution in [3.63, 3.8) is 0 Å². The molecule has 12 heavy (non-hydrogen) atoms. The normalized spacial score (nSPS) is 33.6. The van der Waals surface area contributed by atoms with Gasteiger partial charge in [0.25, 0.3) is 0 Å². The van der Waals surface area contributed by atoms with E-state index in [1.165, 1.54) is 0 Å². The van der Waals surface area contributed by atoms with Crippen molar-refractivity contribution >= 4 is 5.97 Å². The number of aliphatic hydroxyl groups is 1. The quantitative estimate of drug-likeness (QED) is 0.662. The lowest BCUT2D eigenvalue weighted by atomic mass is 9.88. The molecule has 0 aliphatic heterocycles. The predicted octanol–water partition coefficient (Wildman–Crippen LogP) is 1.40. The molecule has 0 heterocycles. The number of hydrogen-bond acceptors (Lipinski definition) is 2. The maximum Gasteiger partial charge on any atom is 0.306 e. The van der Waals surface area contributed by atoms with Crippen LogP contribution in [0.3, 0.4) is 0 Å². The molecular formula is C9H16O3. The molecule has 0 aromatic heterocycles. The molecule has 0 bridgehead atoms. The zero-order chi connectivity index (χ0) is 9.41. The van der Waals surface area contributed by atoms with E-state index < -0.39 is 11.6 Å². The maximum absolute atomic E-state index is 10.4. The second kappa shape index (κ2) is 2.73. The van der Waals surface area contributed by atoms with E-state index in [0.717, 1.165) is 6.42 Å². The number of rotatable bonds is 2. The van der Waals surface area contributed by atoms with Crippen LogP contribution in [0.5, 0.6) is 0 Å². The fraction of sp³-hybridized carbons (Fsp3) is 0.889. The van der Waals surface area contributed by atoms with Gasteiger partial charge in [-0.1, -0.05) is 13.8 Å². The lowest BCUT2D eigenvalue weighted by Gasteiger charge is -2.23. The van der Waals surface area contributed by atoms with Gasteiger partial charge in [0.15, 0.2) is 0 Å². The van der Waals surface area contributed by atoms with Crippen LogP contribution in [0, 0.1) is 5.41 Å². The van der Waals surface area contributed by atoms with Crippen molar-refractivity contribution in [2.75, 3.05) is 0 Å². The van der Waals surface area contributed by atoms with Crippen molar-refractivity contribution in [3.8, 4) is 0 Å². The van der Waals surface area contributed by atoms with Crippen molar-refractivity contribution in [2.24, 2.45) is 5.41 Å². The van der Waals surface area contributed by atoms with Crippen LogP contribution in [-0.2, 0) is 4.79 Å². The minimum absolute atomic E-state index is 0.101. The second-order valence-electron chi connectivity index (χ2n) is 4.64. The Morgan fingerprint density at radius 2 is 2.00 bits per heavy atom. The Morgan fingerprint density at radius 3 is 2.33 bits per heavy atom. The molecular weight excluding hydrogens is 156 g/mol. The van der Waals surface area contributed by atoms with E-state index in [1.54, 1.807) is 0 Å². The van der Waals surface area contributed by atoms with Crippen LogP contribution in [0.1, 0.15) is 39.5 Å². The third-order valence-electron chi connectivity index (χ3n) is 2.56. The van der Waals surface area contributed by atoms with E-state index >= 15 is 0 Å². The maximum atomic E-state index is 10.4. The molecule has 0 aromatic rings. The third kappa shape index (κ3) is 2.21. The monoisotopic (exact) mass is 172 g/mol. The third-order valence-corrected chi connectivity index (χ3v) is 2.56. The molecule has 0 radical (unpaired) electrons. The van der Waals surface area contributed by atoms with Crippen molar-refractivity contribution in [1.29, 1.82) is 0 Å². The highest BCUT2D eigenvalue weighted by Gasteiger charge is 2.42. The highest BCUT2D eigenvalue weighted by molar-refractivity contribution is 5.68. The Hall–Kier alpha value is -0.570. The minimum Gasteiger partial charge on any atom is -0.481 e. The van der Waals surface area contributed by atoms with Crippen LogP contribution in [0.2, 0.25) is 0 Å². The van der Waals surface area contributed by atoms with E-state index in [4.69, 9.17) is 5.11 Å². The van der Waals surface area contributed by atoms with Gasteiger partial charge in [-0.15, -0.1) is 0 Å². The predicted molar refractivity (Wildman–Crippen MR) is 44.8 cm³/mol. The molecule has 70 valence electrons. The van der Waals surface area contributed by atoms with Gasteiger partial charge in [0.05, 0.1) is 12.0 Å². The van der Waals surface area contributed by atoms with Gasteiger partial charge in [-0.25, -0.2) is 0 Å². The second-order valence-corrected chi connectivity index (χ2v) is 4.64. The van der Waals surface area contributed by atoms with Crippen LogP contribution in [-0.4, -0.2) is 21.8 Å². The molecule has 1 rings (SSSR count). The molecule has 3 heteroatoms. The van der Waals surface area contributed by atoms with Crippen LogP contribution >= 0.6 is 0 Å². The van der Waals surface area contributed by atoms with Gasteiger partial charge in [-0.05, 0) is 24.7 Å². The smallest absolute Gasteiger partial charge is 0.306 e. The summed E-state index contributed by atoms with van der Waals surface area (Å²) in [5.41, 5.74) is -0.848. The summed E-state index contributed by atoms with van der Waals surface area (Å²) in [6, 6.07) is 0. The zero-order valence-corrected chi connectivity index (χ0v) is 7.63. The lowest BCUT2D eigenvalue weighted by molar-refractivity contribution is -0.142. The van der Waals surface area contributed by atoms with Gasteiger partial charge in [0.1, 0.15) is 0 Å². The summed E-state index contributed by atoms with van der Waals surface area (Å²) in [7, 11) is 0. The van der Waals surface area contributed by atoms with Crippen LogP contribution in [0.4, 0.5) is 0 Å². The average Bonchev–Trinajstić information content (AvgIpc) is 2.03. The van der Waals surface area contributed by atoms with E-state index in [0.29, 0.717) is 12.8 Å². The van der Waals surface area contributed by atoms with Crippen LogP contribution in [0.15, 0.2) is 0 Å². The lowest BCUT2D eigenvalue weighted by Crippen LogP contribution is -2.29. The Balaban J connectivity index is 2.58. The highest BCUT2D eigenvalue weighted by Crippen LogP contribution is 2.44. The first-order chi connectivity index (χ1) is 5.33. The molecule has 1 saturated carbocycles. The summed E-state index contributed by atoms with van der Waals surface area (Å²) in [6.45, 7) is 4.12. The van der Waals surface area contributed by atoms with Crippen molar-refractivity contribution in [1.82, 2.24) is 0 Å². The van der Waals surface area contributed by atoms with Crippen molar-refractivity contribution in [3.05, 3.63) is 0 Å². The number of aliphatic carboxylic acids is 1. The van der Waals surface area contributed by atoms with Gasteiger partial charge in [0, 0.05) is 0 Å². The summed E-state index contributed by atoms with van der Waals surface area (Å²) in [5.74, 6) is -0.907. The Kier molecular flexibility index (Phi) is 2.17. The molecule has 0 spiro atoms. The number of hydrogen-bond donors (Lipinski definition) is 2. The Bertz CT molecular complexity index is 198. The van der Waals surface area contributed by atoms with E-state index in [9.17, 15) is 9.90 Å². The van der Waals surface area contributed by atoms with Crippen LogP contribution in [0.25, 0.3) is 0 Å². The topological polar surface area (TPSA) is 57.5 Å². The molecule has 1 aliphatic rings. The minimum atomic E-state index is -0.949. The first kappa shape index (κ1) is 9.52.